The molecule has 0 heterocycles. The standard InChI is InChI=1S/C13H27NO2/c1-13(2)7-6-12(15)11(10-13)14(3)8-5-9-16-4/h11-12,15H,5-10H2,1-4H3. The molecular formula is C13H27NO2. The zero-order valence-corrected chi connectivity index (χ0v) is 11.2. The van der Waals surface area contributed by atoms with Gasteiger partial charge >= 0.3 is 0 Å². The van der Waals surface area contributed by atoms with Crippen LogP contribution in [0.15, 0.2) is 0 Å². The fourth-order valence-electron chi connectivity index (χ4n) is 2.61. The highest BCUT2D eigenvalue weighted by molar-refractivity contribution is 4.89. The van der Waals surface area contributed by atoms with Crippen molar-refractivity contribution >= 4 is 0 Å². The van der Waals surface area contributed by atoms with Gasteiger partial charge < -0.3 is 14.7 Å². The van der Waals surface area contributed by atoms with E-state index >= 15 is 0 Å². The molecule has 0 bridgehead atoms. The van der Waals surface area contributed by atoms with Gasteiger partial charge in [-0.25, -0.2) is 0 Å². The van der Waals surface area contributed by atoms with Crippen LogP contribution in [0.5, 0.6) is 0 Å². The minimum atomic E-state index is -0.152. The van der Waals surface area contributed by atoms with Crippen LogP contribution in [0.25, 0.3) is 0 Å². The second-order valence-corrected chi connectivity index (χ2v) is 5.87. The summed E-state index contributed by atoms with van der Waals surface area (Å²) in [6.07, 6.45) is 4.05. The van der Waals surface area contributed by atoms with Crippen molar-refractivity contribution in [2.24, 2.45) is 5.41 Å². The Hall–Kier alpha value is -0.120. The van der Waals surface area contributed by atoms with Crippen molar-refractivity contribution < 1.29 is 9.84 Å². The van der Waals surface area contributed by atoms with E-state index in [1.165, 1.54) is 0 Å². The normalized spacial score (nSPS) is 29.6. The molecule has 3 nitrogen and oxygen atoms in total. The molecule has 0 amide bonds. The zero-order chi connectivity index (χ0) is 12.2. The smallest absolute Gasteiger partial charge is 0.0695 e. The van der Waals surface area contributed by atoms with Crippen molar-refractivity contribution in [3.63, 3.8) is 0 Å². The molecule has 2 unspecified atom stereocenters. The molecule has 0 aromatic carbocycles. The molecule has 0 aromatic rings. The van der Waals surface area contributed by atoms with Crippen LogP contribution in [0.2, 0.25) is 0 Å². The predicted octanol–water partition coefficient (Wildman–Crippen LogP) is 1.89. The molecule has 1 aliphatic carbocycles. The molecule has 1 N–H and O–H groups in total. The summed E-state index contributed by atoms with van der Waals surface area (Å²) in [5, 5.41) is 10.1. The minimum Gasteiger partial charge on any atom is -0.391 e. The van der Waals surface area contributed by atoms with E-state index in [1.54, 1.807) is 7.11 Å². The number of nitrogens with zero attached hydrogens (tertiary/aromatic N) is 1. The summed E-state index contributed by atoms with van der Waals surface area (Å²) in [5.74, 6) is 0. The molecule has 0 aromatic heterocycles. The topological polar surface area (TPSA) is 32.7 Å². The second-order valence-electron chi connectivity index (χ2n) is 5.87. The molecule has 0 spiro atoms. The van der Waals surface area contributed by atoms with Crippen LogP contribution in [0.1, 0.15) is 39.5 Å². The fourth-order valence-corrected chi connectivity index (χ4v) is 2.61. The monoisotopic (exact) mass is 229 g/mol. The fraction of sp³-hybridized carbons (Fsp3) is 1.00. The van der Waals surface area contributed by atoms with Crippen molar-refractivity contribution in [2.75, 3.05) is 27.3 Å². The molecule has 0 radical (unpaired) electrons. The molecule has 1 rings (SSSR count). The Labute approximate surface area is 99.8 Å². The van der Waals surface area contributed by atoms with E-state index in [1.807, 2.05) is 0 Å². The Balaban J connectivity index is 2.42. The highest BCUT2D eigenvalue weighted by atomic mass is 16.5. The third-order valence-electron chi connectivity index (χ3n) is 3.75. The quantitative estimate of drug-likeness (QED) is 0.731. The molecule has 0 saturated heterocycles. The van der Waals surface area contributed by atoms with Crippen LogP contribution in [-0.4, -0.2) is 49.5 Å². The van der Waals surface area contributed by atoms with Crippen LogP contribution >= 0.6 is 0 Å². The van der Waals surface area contributed by atoms with Crippen molar-refractivity contribution in [1.82, 2.24) is 4.90 Å². The third-order valence-corrected chi connectivity index (χ3v) is 3.75. The van der Waals surface area contributed by atoms with Gasteiger partial charge in [0.2, 0.25) is 0 Å². The third kappa shape index (κ3) is 4.04. The number of aliphatic hydroxyl groups excluding tert-OH is 1. The summed E-state index contributed by atoms with van der Waals surface area (Å²) in [6, 6.07) is 0.320. The number of hydrogen-bond acceptors (Lipinski definition) is 3. The predicted molar refractivity (Wildman–Crippen MR) is 66.5 cm³/mol. The summed E-state index contributed by atoms with van der Waals surface area (Å²) in [5.41, 5.74) is 0.374. The summed E-state index contributed by atoms with van der Waals surface area (Å²) in [4.78, 5) is 2.30. The van der Waals surface area contributed by atoms with Crippen molar-refractivity contribution in [1.29, 1.82) is 0 Å². The van der Waals surface area contributed by atoms with Gasteiger partial charge in [-0.05, 0) is 38.1 Å². The van der Waals surface area contributed by atoms with Crippen molar-refractivity contribution in [2.45, 2.75) is 51.7 Å². The van der Waals surface area contributed by atoms with E-state index in [-0.39, 0.29) is 6.10 Å². The van der Waals surface area contributed by atoms with Gasteiger partial charge in [0.1, 0.15) is 0 Å². The lowest BCUT2D eigenvalue weighted by atomic mass is 9.73. The van der Waals surface area contributed by atoms with E-state index < -0.39 is 0 Å². The number of methoxy groups -OCH3 is 1. The van der Waals surface area contributed by atoms with Crippen LogP contribution in [0, 0.1) is 5.41 Å². The first-order valence-electron chi connectivity index (χ1n) is 6.33. The maximum absolute atomic E-state index is 10.1. The number of aliphatic hydroxyl groups is 1. The Kier molecular flexibility index (Phi) is 5.22. The molecule has 2 atom stereocenters. The van der Waals surface area contributed by atoms with Crippen LogP contribution < -0.4 is 0 Å². The number of likely N-dealkylation sites (N-methyl/N-ethyl adjacent to an activating group) is 1. The van der Waals surface area contributed by atoms with Crippen molar-refractivity contribution in [3.05, 3.63) is 0 Å². The van der Waals surface area contributed by atoms with Gasteiger partial charge in [0.15, 0.2) is 0 Å². The van der Waals surface area contributed by atoms with E-state index in [9.17, 15) is 5.11 Å². The lowest BCUT2D eigenvalue weighted by molar-refractivity contribution is -0.00927. The Morgan fingerprint density at radius 3 is 2.75 bits per heavy atom. The summed E-state index contributed by atoms with van der Waals surface area (Å²) in [7, 11) is 3.85. The highest BCUT2D eigenvalue weighted by Crippen LogP contribution is 2.37. The zero-order valence-electron chi connectivity index (χ0n) is 11.2. The van der Waals surface area contributed by atoms with Gasteiger partial charge in [-0.2, -0.15) is 0 Å². The molecule has 0 aliphatic heterocycles. The summed E-state index contributed by atoms with van der Waals surface area (Å²) in [6.45, 7) is 6.41. The maximum Gasteiger partial charge on any atom is 0.0695 e. The van der Waals surface area contributed by atoms with Gasteiger partial charge in [-0.15, -0.1) is 0 Å². The summed E-state index contributed by atoms with van der Waals surface area (Å²) >= 11 is 0. The molecule has 1 saturated carbocycles. The van der Waals surface area contributed by atoms with E-state index in [4.69, 9.17) is 4.74 Å². The first-order valence-corrected chi connectivity index (χ1v) is 6.33. The van der Waals surface area contributed by atoms with Gasteiger partial charge in [0, 0.05) is 26.3 Å². The Morgan fingerprint density at radius 2 is 2.12 bits per heavy atom. The first-order chi connectivity index (χ1) is 7.46. The average molecular weight is 229 g/mol. The van der Waals surface area contributed by atoms with E-state index in [2.05, 4.69) is 25.8 Å². The molecule has 1 fully saturated rings. The van der Waals surface area contributed by atoms with E-state index in [0.29, 0.717) is 11.5 Å². The Morgan fingerprint density at radius 1 is 1.44 bits per heavy atom. The van der Waals surface area contributed by atoms with Crippen molar-refractivity contribution in [3.8, 4) is 0 Å². The van der Waals surface area contributed by atoms with Gasteiger partial charge in [-0.1, -0.05) is 13.8 Å². The largest absolute Gasteiger partial charge is 0.391 e. The van der Waals surface area contributed by atoms with Crippen LogP contribution in [-0.2, 0) is 4.74 Å². The molecule has 16 heavy (non-hydrogen) atoms. The molecular weight excluding hydrogens is 202 g/mol. The Bertz CT molecular complexity index is 206. The summed E-state index contributed by atoms with van der Waals surface area (Å²) < 4.78 is 5.06. The minimum absolute atomic E-state index is 0.152. The lowest BCUT2D eigenvalue weighted by Gasteiger charge is -2.42. The van der Waals surface area contributed by atoms with E-state index in [0.717, 1.165) is 38.8 Å². The maximum atomic E-state index is 10.1. The molecule has 1 aliphatic rings. The van der Waals surface area contributed by atoms with Crippen LogP contribution in [0.3, 0.4) is 0 Å². The van der Waals surface area contributed by atoms with Gasteiger partial charge in [0.05, 0.1) is 6.10 Å². The first kappa shape index (κ1) is 13.9. The second kappa shape index (κ2) is 5.99. The highest BCUT2D eigenvalue weighted by Gasteiger charge is 2.35. The average Bonchev–Trinajstić information content (AvgIpc) is 2.22. The van der Waals surface area contributed by atoms with Gasteiger partial charge in [-0.3, -0.25) is 0 Å². The number of rotatable bonds is 5. The van der Waals surface area contributed by atoms with Gasteiger partial charge in [0.25, 0.3) is 0 Å². The number of hydrogen-bond donors (Lipinski definition) is 1. The SMILES string of the molecule is COCCCN(C)C1CC(C)(C)CCC1O. The molecule has 96 valence electrons. The number of ether oxygens (including phenoxy) is 1. The molecule has 3 heteroatoms. The lowest BCUT2D eigenvalue weighted by Crippen LogP contribution is -2.48. The van der Waals surface area contributed by atoms with Crippen LogP contribution in [0.4, 0.5) is 0 Å².